The van der Waals surface area contributed by atoms with Crippen LogP contribution < -0.4 is 5.32 Å². The number of nitrogens with zero attached hydrogens (tertiary/aromatic N) is 2. The summed E-state index contributed by atoms with van der Waals surface area (Å²) in [6.45, 7) is 0.525. The highest BCUT2D eigenvalue weighted by atomic mass is 19.1. The van der Waals surface area contributed by atoms with Gasteiger partial charge in [-0.2, -0.15) is 5.10 Å². The topological polar surface area (TPSA) is 46.9 Å². The highest BCUT2D eigenvalue weighted by molar-refractivity contribution is 5.77. The van der Waals surface area contributed by atoms with Crippen molar-refractivity contribution < 1.29 is 9.18 Å². The van der Waals surface area contributed by atoms with Crippen LogP contribution in [0.2, 0.25) is 0 Å². The molecule has 0 radical (unpaired) electrons. The molecule has 5 heteroatoms. The second-order valence-corrected chi connectivity index (χ2v) is 6.24. The third kappa shape index (κ3) is 4.36. The maximum atomic E-state index is 14.3. The second-order valence-electron chi connectivity index (χ2n) is 6.24. The van der Waals surface area contributed by atoms with Crippen LogP contribution in [0.1, 0.15) is 29.2 Å². The largest absolute Gasteiger partial charge is 0.356 e. The van der Waals surface area contributed by atoms with Crippen LogP contribution in [0.5, 0.6) is 0 Å². The molecule has 0 aliphatic rings. The number of halogens is 1. The van der Waals surface area contributed by atoms with Crippen LogP contribution >= 0.6 is 0 Å². The first-order valence-corrected chi connectivity index (χ1v) is 8.68. The zero-order chi connectivity index (χ0) is 18.4. The van der Waals surface area contributed by atoms with Gasteiger partial charge in [-0.25, -0.2) is 4.39 Å². The first-order valence-electron chi connectivity index (χ1n) is 8.68. The van der Waals surface area contributed by atoms with E-state index in [1.165, 1.54) is 6.07 Å². The molecule has 0 saturated carbocycles. The molecule has 0 fully saturated rings. The van der Waals surface area contributed by atoms with Crippen LogP contribution in [0.15, 0.2) is 66.9 Å². The fourth-order valence-corrected chi connectivity index (χ4v) is 3.08. The summed E-state index contributed by atoms with van der Waals surface area (Å²) in [6.07, 6.45) is 2.65. The van der Waals surface area contributed by atoms with E-state index >= 15 is 0 Å². The second kappa shape index (κ2) is 8.43. The lowest BCUT2D eigenvalue weighted by molar-refractivity contribution is -0.121. The van der Waals surface area contributed by atoms with Crippen molar-refractivity contribution in [2.24, 2.45) is 7.05 Å². The average Bonchev–Trinajstić information content (AvgIpc) is 3.06. The minimum atomic E-state index is -0.311. The van der Waals surface area contributed by atoms with E-state index < -0.39 is 0 Å². The van der Waals surface area contributed by atoms with Crippen LogP contribution in [0, 0.1) is 5.82 Å². The summed E-state index contributed by atoms with van der Waals surface area (Å²) >= 11 is 0. The molecule has 0 aliphatic carbocycles. The molecular formula is C21H22FN3O. The molecular weight excluding hydrogens is 329 g/mol. The van der Waals surface area contributed by atoms with Crippen molar-refractivity contribution in [3.63, 3.8) is 0 Å². The van der Waals surface area contributed by atoms with Crippen LogP contribution in [-0.2, 0) is 18.3 Å². The van der Waals surface area contributed by atoms with E-state index in [9.17, 15) is 9.18 Å². The van der Waals surface area contributed by atoms with Crippen LogP contribution in [0.4, 0.5) is 4.39 Å². The molecule has 3 aromatic rings. The van der Waals surface area contributed by atoms with Crippen LogP contribution in [0.3, 0.4) is 0 Å². The minimum Gasteiger partial charge on any atom is -0.356 e. The van der Waals surface area contributed by atoms with Crippen LogP contribution in [-0.4, -0.2) is 22.2 Å². The van der Waals surface area contributed by atoms with Gasteiger partial charge in [-0.15, -0.1) is 0 Å². The van der Waals surface area contributed by atoms with Gasteiger partial charge in [0.2, 0.25) is 5.91 Å². The maximum Gasteiger partial charge on any atom is 0.220 e. The Labute approximate surface area is 152 Å². The van der Waals surface area contributed by atoms with E-state index in [0.717, 1.165) is 11.3 Å². The SMILES string of the molecule is Cn1nccc1CCNC(=O)C[C@@H](c1ccccc1)c1ccccc1F. The quantitative estimate of drug-likeness (QED) is 0.709. The van der Waals surface area contributed by atoms with Crippen molar-refractivity contribution in [1.82, 2.24) is 15.1 Å². The van der Waals surface area contributed by atoms with Crippen molar-refractivity contribution in [3.05, 3.63) is 89.5 Å². The van der Waals surface area contributed by atoms with Crippen molar-refractivity contribution in [2.75, 3.05) is 6.54 Å². The molecule has 1 atom stereocenters. The number of hydrogen-bond donors (Lipinski definition) is 1. The van der Waals surface area contributed by atoms with Gasteiger partial charge in [-0.1, -0.05) is 48.5 Å². The Balaban J connectivity index is 1.69. The molecule has 0 bridgehead atoms. The molecule has 26 heavy (non-hydrogen) atoms. The van der Waals surface area contributed by atoms with E-state index in [1.54, 1.807) is 29.1 Å². The van der Waals surface area contributed by atoms with E-state index in [-0.39, 0.29) is 24.1 Å². The van der Waals surface area contributed by atoms with Crippen molar-refractivity contribution in [1.29, 1.82) is 0 Å². The monoisotopic (exact) mass is 351 g/mol. The fourth-order valence-electron chi connectivity index (χ4n) is 3.08. The van der Waals surface area contributed by atoms with Gasteiger partial charge in [0.1, 0.15) is 5.82 Å². The van der Waals surface area contributed by atoms with Gasteiger partial charge in [-0.05, 0) is 23.3 Å². The number of benzene rings is 2. The molecule has 0 saturated heterocycles. The molecule has 3 rings (SSSR count). The van der Waals surface area contributed by atoms with Crippen molar-refractivity contribution in [2.45, 2.75) is 18.8 Å². The number of carbonyl (C=O) groups is 1. The number of aromatic nitrogens is 2. The zero-order valence-electron chi connectivity index (χ0n) is 14.7. The molecule has 1 amide bonds. The summed E-state index contributed by atoms with van der Waals surface area (Å²) in [5.41, 5.74) is 2.53. The molecule has 1 heterocycles. The number of nitrogens with one attached hydrogen (secondary N) is 1. The van der Waals surface area contributed by atoms with E-state index in [4.69, 9.17) is 0 Å². The van der Waals surface area contributed by atoms with Gasteiger partial charge in [0.25, 0.3) is 0 Å². The lowest BCUT2D eigenvalue weighted by Crippen LogP contribution is -2.28. The number of rotatable bonds is 7. The van der Waals surface area contributed by atoms with Gasteiger partial charge < -0.3 is 5.32 Å². The molecule has 134 valence electrons. The Kier molecular flexibility index (Phi) is 5.79. The molecule has 1 N–H and O–H groups in total. The molecule has 1 aromatic heterocycles. The third-order valence-corrected chi connectivity index (χ3v) is 4.50. The van der Waals surface area contributed by atoms with E-state index in [1.807, 2.05) is 43.4 Å². The van der Waals surface area contributed by atoms with Gasteiger partial charge >= 0.3 is 0 Å². The average molecular weight is 351 g/mol. The number of amides is 1. The summed E-state index contributed by atoms with van der Waals surface area (Å²) in [4.78, 5) is 12.5. The predicted octanol–water partition coefficient (Wildman–Crippen LogP) is 3.44. The maximum absolute atomic E-state index is 14.3. The Morgan fingerprint density at radius 3 is 2.54 bits per heavy atom. The highest BCUT2D eigenvalue weighted by Gasteiger charge is 2.20. The predicted molar refractivity (Wildman–Crippen MR) is 99.2 cm³/mol. The summed E-state index contributed by atoms with van der Waals surface area (Å²) < 4.78 is 16.1. The molecule has 0 spiro atoms. The van der Waals surface area contributed by atoms with Crippen LogP contribution in [0.25, 0.3) is 0 Å². The number of carbonyl (C=O) groups excluding carboxylic acids is 1. The summed E-state index contributed by atoms with van der Waals surface area (Å²) in [7, 11) is 1.88. The number of hydrogen-bond acceptors (Lipinski definition) is 2. The third-order valence-electron chi connectivity index (χ3n) is 4.50. The van der Waals surface area contributed by atoms with Gasteiger partial charge in [0.05, 0.1) is 0 Å². The lowest BCUT2D eigenvalue weighted by atomic mass is 9.88. The van der Waals surface area contributed by atoms with Gasteiger partial charge in [0.15, 0.2) is 0 Å². The summed E-state index contributed by atoms with van der Waals surface area (Å²) in [5.74, 6) is -0.692. The Morgan fingerprint density at radius 1 is 1.12 bits per heavy atom. The fraction of sp³-hybridized carbons (Fsp3) is 0.238. The van der Waals surface area contributed by atoms with Gasteiger partial charge in [-0.3, -0.25) is 9.48 Å². The van der Waals surface area contributed by atoms with Crippen molar-refractivity contribution >= 4 is 5.91 Å². The summed E-state index contributed by atoms with van der Waals surface area (Å²) in [6, 6.07) is 18.2. The molecule has 0 unspecified atom stereocenters. The van der Waals surface area contributed by atoms with E-state index in [2.05, 4.69) is 10.4 Å². The Hall–Kier alpha value is -2.95. The lowest BCUT2D eigenvalue weighted by Gasteiger charge is -2.18. The smallest absolute Gasteiger partial charge is 0.220 e. The van der Waals surface area contributed by atoms with Crippen molar-refractivity contribution in [3.8, 4) is 0 Å². The Morgan fingerprint density at radius 2 is 1.85 bits per heavy atom. The normalized spacial score (nSPS) is 11.9. The number of aryl methyl sites for hydroxylation is 1. The molecule has 4 nitrogen and oxygen atoms in total. The highest BCUT2D eigenvalue weighted by Crippen LogP contribution is 2.29. The Bertz CT molecular complexity index is 860. The van der Waals surface area contributed by atoms with Gasteiger partial charge in [0, 0.05) is 44.2 Å². The minimum absolute atomic E-state index is 0.0933. The molecule has 2 aromatic carbocycles. The first kappa shape index (κ1) is 17.9. The first-order chi connectivity index (χ1) is 12.6. The standard InChI is InChI=1S/C21H22FN3O/c1-25-17(12-14-24-25)11-13-23-21(26)15-19(16-7-3-2-4-8-16)18-9-5-6-10-20(18)22/h2-10,12,14,19H,11,13,15H2,1H3,(H,23,26)/t19-/m0/s1. The molecule has 0 aliphatic heterocycles. The zero-order valence-corrected chi connectivity index (χ0v) is 14.7. The summed E-state index contributed by atoms with van der Waals surface area (Å²) in [5, 5.41) is 7.05. The van der Waals surface area contributed by atoms with E-state index in [0.29, 0.717) is 18.5 Å².